The lowest BCUT2D eigenvalue weighted by atomic mass is 9.53. The topological polar surface area (TPSA) is 130 Å². The van der Waals surface area contributed by atoms with E-state index in [1.54, 1.807) is 18.3 Å². The number of ether oxygens (including phenoxy) is 2. The number of hydrogen-bond donors (Lipinski definition) is 4. The fraction of sp³-hybridized carbons (Fsp3) is 0.419. The van der Waals surface area contributed by atoms with E-state index in [9.17, 15) is 19.8 Å². The van der Waals surface area contributed by atoms with Crippen molar-refractivity contribution in [1.82, 2.24) is 15.6 Å². The summed E-state index contributed by atoms with van der Waals surface area (Å²) in [5, 5.41) is 26.4. The number of hydrogen-bond acceptors (Lipinski definition) is 7. The second kappa shape index (κ2) is 15.3. The van der Waals surface area contributed by atoms with Crippen molar-refractivity contribution in [3.63, 3.8) is 0 Å². The van der Waals surface area contributed by atoms with Crippen molar-refractivity contribution < 1.29 is 29.3 Å². The number of aromatic nitrogens is 1. The van der Waals surface area contributed by atoms with E-state index in [1.807, 2.05) is 48.5 Å². The van der Waals surface area contributed by atoms with Gasteiger partial charge in [0, 0.05) is 35.5 Å². The van der Waals surface area contributed by atoms with Crippen molar-refractivity contribution >= 4 is 23.8 Å². The summed E-state index contributed by atoms with van der Waals surface area (Å²) in [5.41, 5.74) is 5.91. The number of rotatable bonds is 11. The molecule has 5 aliphatic rings. The van der Waals surface area contributed by atoms with Gasteiger partial charge in [0.05, 0.1) is 24.4 Å². The van der Waals surface area contributed by atoms with Gasteiger partial charge in [0.2, 0.25) is 0 Å². The Bertz CT molecular complexity index is 1900. The van der Waals surface area contributed by atoms with E-state index < -0.39 is 12.3 Å². The van der Waals surface area contributed by atoms with Crippen LogP contribution in [-0.4, -0.2) is 44.6 Å². The first-order valence-electron chi connectivity index (χ1n) is 18.8. The third kappa shape index (κ3) is 7.74. The van der Waals surface area contributed by atoms with Crippen molar-refractivity contribution in [1.29, 1.82) is 0 Å². The minimum atomic E-state index is -1.01. The maximum Gasteiger partial charge on any atom is 0.338 e. The van der Waals surface area contributed by atoms with Crippen molar-refractivity contribution in [3.05, 3.63) is 119 Å². The molecule has 1 aromatic heterocycles. The maximum absolute atomic E-state index is 13.3. The zero-order valence-electron chi connectivity index (χ0n) is 29.9. The number of nitrogens with one attached hydrogen (secondary N) is 2. The third-order valence-electron chi connectivity index (χ3n) is 11.9. The van der Waals surface area contributed by atoms with Gasteiger partial charge in [0.1, 0.15) is 5.03 Å². The Balaban J connectivity index is 0.974. The molecule has 4 atom stereocenters. The smallest absolute Gasteiger partial charge is 0.338 e. The quantitative estimate of drug-likeness (QED) is 0.113. The second-order valence-corrected chi connectivity index (χ2v) is 16.6. The van der Waals surface area contributed by atoms with E-state index in [4.69, 9.17) is 9.47 Å². The Morgan fingerprint density at radius 2 is 1.55 bits per heavy atom. The van der Waals surface area contributed by atoms with Gasteiger partial charge < -0.3 is 30.3 Å². The third-order valence-corrected chi connectivity index (χ3v) is 13.0. The number of aliphatic hydroxyl groups is 1. The van der Waals surface area contributed by atoms with E-state index >= 15 is 0 Å². The molecule has 276 valence electrons. The minimum Gasteiger partial charge on any atom is -0.478 e. The van der Waals surface area contributed by atoms with Gasteiger partial charge in [0.25, 0.3) is 0 Å². The molecule has 1 saturated heterocycles. The van der Waals surface area contributed by atoms with E-state index in [-0.39, 0.29) is 41.9 Å². The van der Waals surface area contributed by atoms with E-state index in [0.29, 0.717) is 17.3 Å². The van der Waals surface area contributed by atoms with Crippen LogP contribution >= 0.6 is 11.8 Å². The molecule has 9 rings (SSSR count). The van der Waals surface area contributed by atoms with Crippen LogP contribution in [0.3, 0.4) is 0 Å². The molecule has 2 amide bonds. The fourth-order valence-corrected chi connectivity index (χ4v) is 10.8. The zero-order valence-corrected chi connectivity index (χ0v) is 30.8. The van der Waals surface area contributed by atoms with Crippen LogP contribution < -0.4 is 10.6 Å². The molecule has 0 spiro atoms. The number of carbonyl (C=O) groups excluding carboxylic acids is 1. The van der Waals surface area contributed by atoms with Crippen LogP contribution in [0.25, 0.3) is 11.1 Å². The van der Waals surface area contributed by atoms with Gasteiger partial charge in [-0.25, -0.2) is 14.6 Å². The van der Waals surface area contributed by atoms with Crippen LogP contribution in [-0.2, 0) is 22.6 Å². The van der Waals surface area contributed by atoms with Crippen molar-refractivity contribution in [3.8, 4) is 11.1 Å². The van der Waals surface area contributed by atoms with Crippen LogP contribution in [0, 0.1) is 23.7 Å². The first kappa shape index (κ1) is 35.8. The number of aromatic carboxylic acids is 1. The molecule has 2 heterocycles. The predicted molar refractivity (Wildman–Crippen MR) is 203 cm³/mol. The highest BCUT2D eigenvalue weighted by atomic mass is 32.2. The number of pyridine rings is 1. The molecule has 4 bridgehead atoms. The molecule has 4 aliphatic carbocycles. The Kier molecular flexibility index (Phi) is 10.3. The van der Waals surface area contributed by atoms with Gasteiger partial charge >= 0.3 is 12.0 Å². The molecular formula is C43H47N3O6S. The molecule has 4 saturated carbocycles. The molecule has 4 aromatic rings. The van der Waals surface area contributed by atoms with E-state index in [1.165, 1.54) is 31.0 Å². The summed E-state index contributed by atoms with van der Waals surface area (Å²) < 4.78 is 13.3. The van der Waals surface area contributed by atoms with Crippen LogP contribution in [0.2, 0.25) is 0 Å². The molecule has 9 nitrogen and oxygen atoms in total. The summed E-state index contributed by atoms with van der Waals surface area (Å²) in [6.45, 7) is 2.47. The summed E-state index contributed by atoms with van der Waals surface area (Å²) in [7, 11) is 0. The first-order valence-corrected chi connectivity index (χ1v) is 19.8. The summed E-state index contributed by atoms with van der Waals surface area (Å²) >= 11 is 1.37. The number of thioether (sulfide) groups is 1. The van der Waals surface area contributed by atoms with Gasteiger partial charge in [-0.3, -0.25) is 0 Å². The number of amides is 2. The normalized spacial score (nSPS) is 28.8. The zero-order chi connectivity index (χ0) is 36.5. The van der Waals surface area contributed by atoms with Crippen LogP contribution in [0.5, 0.6) is 0 Å². The Morgan fingerprint density at radius 1 is 0.868 bits per heavy atom. The number of carbonyl (C=O) groups is 2. The Labute approximate surface area is 314 Å². The maximum atomic E-state index is 13.3. The van der Waals surface area contributed by atoms with Crippen LogP contribution in [0.1, 0.15) is 90.5 Å². The molecular weight excluding hydrogens is 687 g/mol. The molecule has 3 aromatic carbocycles. The second-order valence-electron chi connectivity index (χ2n) is 15.6. The highest BCUT2D eigenvalue weighted by molar-refractivity contribution is 7.99. The molecule has 4 unspecified atom stereocenters. The lowest BCUT2D eigenvalue weighted by molar-refractivity contribution is -0.268. The Hall–Kier alpha value is -4.22. The molecule has 53 heavy (non-hydrogen) atoms. The fourth-order valence-electron chi connectivity index (χ4n) is 9.64. The number of benzene rings is 3. The van der Waals surface area contributed by atoms with Gasteiger partial charge in [-0.1, -0.05) is 79.7 Å². The van der Waals surface area contributed by atoms with Crippen molar-refractivity contribution in [2.45, 2.75) is 87.7 Å². The number of carboxylic acid groups (broad SMARTS) is 1. The highest BCUT2D eigenvalue weighted by Gasteiger charge is 2.51. The standard InChI is InChI=1S/C43H47N3O6S/c1-26-37(25-53-39-36(40(48)49)7-4-16-44-39)51-41(52-38(26)32-10-8-27(24-47)9-11-32)33-14-12-31(13-15-33)35-6-3-2-5-34(35)23-45-42(50)46-43-20-28-17-29(21-43)19-30(18-28)22-43/h2-16,26,28-30,37-38,41,47H,17-25H2,1H3,(H,48,49)(H2,45,46,50). The monoisotopic (exact) mass is 733 g/mol. The van der Waals surface area contributed by atoms with Gasteiger partial charge in [-0.05, 0) is 96.2 Å². The molecule has 4 N–H and O–H groups in total. The SMILES string of the molecule is CC1C(CSc2ncccc2C(=O)O)OC(c2ccc(-c3ccccc3CNC(=O)NC34CC5CC(CC(C5)C3)C4)cc2)OC1c1ccc(CO)cc1. The number of urea groups is 1. The van der Waals surface area contributed by atoms with Crippen LogP contribution in [0.15, 0.2) is 96.2 Å². The average Bonchev–Trinajstić information content (AvgIpc) is 3.16. The summed E-state index contributed by atoms with van der Waals surface area (Å²) in [4.78, 5) is 29.5. The highest BCUT2D eigenvalue weighted by Crippen LogP contribution is 2.55. The number of aliphatic hydroxyl groups excluding tert-OH is 1. The first-order chi connectivity index (χ1) is 25.8. The summed E-state index contributed by atoms with van der Waals surface area (Å²) in [6, 6.07) is 27.2. The average molecular weight is 734 g/mol. The molecule has 1 aliphatic heterocycles. The molecule has 5 fully saturated rings. The summed E-state index contributed by atoms with van der Waals surface area (Å²) in [6.07, 6.45) is 7.74. The van der Waals surface area contributed by atoms with Crippen LogP contribution in [0.4, 0.5) is 4.79 Å². The Morgan fingerprint density at radius 3 is 2.23 bits per heavy atom. The van der Waals surface area contributed by atoms with Gasteiger partial charge in [0.15, 0.2) is 6.29 Å². The largest absolute Gasteiger partial charge is 0.478 e. The lowest BCUT2D eigenvalue weighted by Gasteiger charge is -2.56. The van der Waals surface area contributed by atoms with Crippen molar-refractivity contribution in [2.75, 3.05) is 5.75 Å². The molecule has 0 radical (unpaired) electrons. The van der Waals surface area contributed by atoms with Gasteiger partial charge in [-0.15, -0.1) is 11.8 Å². The van der Waals surface area contributed by atoms with Gasteiger partial charge in [-0.2, -0.15) is 0 Å². The minimum absolute atomic E-state index is 0.0331. The number of nitrogens with zero attached hydrogens (tertiary/aromatic N) is 1. The lowest BCUT2D eigenvalue weighted by Crippen LogP contribution is -2.61. The number of carboxylic acids is 1. The predicted octanol–water partition coefficient (Wildman–Crippen LogP) is 8.29. The molecule has 10 heteroatoms. The summed E-state index contributed by atoms with van der Waals surface area (Å²) in [5.74, 6) is 1.72. The van der Waals surface area contributed by atoms with E-state index in [0.717, 1.165) is 70.4 Å². The van der Waals surface area contributed by atoms with Crippen molar-refractivity contribution in [2.24, 2.45) is 23.7 Å². The van der Waals surface area contributed by atoms with E-state index in [2.05, 4.69) is 46.8 Å².